The maximum Gasteiger partial charge on any atom is 0.416 e. The van der Waals surface area contributed by atoms with Gasteiger partial charge in [0.05, 0.1) is 16.7 Å². The molecular weight excluding hydrogens is 701 g/mol. The van der Waals surface area contributed by atoms with E-state index in [4.69, 9.17) is 27.4 Å². The van der Waals surface area contributed by atoms with Crippen LogP contribution in [0.2, 0.25) is 0 Å². The van der Waals surface area contributed by atoms with Gasteiger partial charge < -0.3 is 25.8 Å². The van der Waals surface area contributed by atoms with E-state index in [9.17, 15) is 26.3 Å². The van der Waals surface area contributed by atoms with Crippen LogP contribution >= 0.6 is 12.2 Å². The molecule has 0 amide bonds. The third kappa shape index (κ3) is 7.29. The summed E-state index contributed by atoms with van der Waals surface area (Å²) < 4.78 is 96.5. The van der Waals surface area contributed by atoms with Crippen molar-refractivity contribution in [2.75, 3.05) is 5.32 Å². The van der Waals surface area contributed by atoms with E-state index in [1.165, 1.54) is 0 Å². The Bertz CT molecular complexity index is 1880. The summed E-state index contributed by atoms with van der Waals surface area (Å²) in [5, 5.41) is 5.64. The van der Waals surface area contributed by atoms with Crippen molar-refractivity contribution in [2.24, 2.45) is 5.73 Å². The van der Waals surface area contributed by atoms with Gasteiger partial charge in [-0.05, 0) is 66.5 Å². The first kappa shape index (κ1) is 37.0. The van der Waals surface area contributed by atoms with Gasteiger partial charge in [0.2, 0.25) is 0 Å². The molecule has 1 fully saturated rings. The number of benzene rings is 5. The summed E-state index contributed by atoms with van der Waals surface area (Å²) in [6, 6.07) is 38.0. The van der Waals surface area contributed by atoms with Gasteiger partial charge in [-0.15, -0.1) is 0 Å². The molecule has 12 heteroatoms. The van der Waals surface area contributed by atoms with Gasteiger partial charge in [-0.2, -0.15) is 26.3 Å². The number of nitrogens with one attached hydrogen (secondary N) is 2. The van der Waals surface area contributed by atoms with E-state index in [1.807, 2.05) is 97.1 Å². The van der Waals surface area contributed by atoms with Gasteiger partial charge >= 0.3 is 12.4 Å². The number of nitrogens with two attached hydrogens (primary N) is 1. The minimum absolute atomic E-state index is 0.0598. The third-order valence-electron chi connectivity index (χ3n) is 9.09. The minimum atomic E-state index is -5.06. The lowest BCUT2D eigenvalue weighted by Crippen LogP contribution is -2.64. The predicted octanol–water partition coefficient (Wildman–Crippen LogP) is 9.38. The summed E-state index contributed by atoms with van der Waals surface area (Å²) in [7, 11) is 0. The topological polar surface area (TPSA) is 68.5 Å². The zero-order valence-electron chi connectivity index (χ0n) is 28.0. The SMILES string of the molecule is CC1(C)O[C@@H](C(N)(c2ccccc2)c2ccccc2)[C@H](C(NC(=S)Nc2cc(C(F)(F)F)cc(C(F)(F)F)c2)(c2ccccc2)c2ccccc2)O1. The quantitative estimate of drug-likeness (QED) is 0.109. The van der Waals surface area contributed by atoms with Crippen LogP contribution in [0.5, 0.6) is 0 Å². The van der Waals surface area contributed by atoms with Crippen molar-refractivity contribution < 1.29 is 35.8 Å². The molecule has 0 radical (unpaired) electrons. The first-order chi connectivity index (χ1) is 24.5. The molecular formula is C40H35F6N3O2S. The van der Waals surface area contributed by atoms with Gasteiger partial charge in [-0.25, -0.2) is 0 Å². The van der Waals surface area contributed by atoms with Crippen molar-refractivity contribution >= 4 is 23.0 Å². The first-order valence-corrected chi connectivity index (χ1v) is 16.7. The van der Waals surface area contributed by atoms with Gasteiger partial charge in [-0.3, -0.25) is 0 Å². The molecule has 1 aliphatic rings. The Balaban J connectivity index is 1.56. The number of hydrogen-bond donors (Lipinski definition) is 3. The van der Waals surface area contributed by atoms with Crippen molar-refractivity contribution in [3.8, 4) is 0 Å². The Morgan fingerprint density at radius 3 is 1.33 bits per heavy atom. The summed E-state index contributed by atoms with van der Waals surface area (Å²) >= 11 is 5.76. The van der Waals surface area contributed by atoms with Crippen molar-refractivity contribution in [1.82, 2.24) is 5.32 Å². The van der Waals surface area contributed by atoms with Crippen LogP contribution in [0.25, 0.3) is 0 Å². The zero-order chi connectivity index (χ0) is 37.4. The Morgan fingerprint density at radius 2 is 0.942 bits per heavy atom. The lowest BCUT2D eigenvalue weighted by Gasteiger charge is -2.46. The van der Waals surface area contributed by atoms with Crippen LogP contribution in [-0.4, -0.2) is 23.1 Å². The second kappa shape index (κ2) is 14.0. The molecule has 1 heterocycles. The second-order valence-corrected chi connectivity index (χ2v) is 13.4. The minimum Gasteiger partial charge on any atom is -0.346 e. The fraction of sp³-hybridized carbons (Fsp3) is 0.225. The average molecular weight is 736 g/mol. The molecule has 4 N–H and O–H groups in total. The molecule has 1 saturated heterocycles. The molecule has 1 aliphatic heterocycles. The smallest absolute Gasteiger partial charge is 0.346 e. The number of ether oxygens (including phenoxy) is 2. The Kier molecular flexibility index (Phi) is 9.97. The van der Waals surface area contributed by atoms with Crippen LogP contribution in [0.4, 0.5) is 32.0 Å². The molecule has 52 heavy (non-hydrogen) atoms. The zero-order valence-corrected chi connectivity index (χ0v) is 28.8. The maximum atomic E-state index is 13.8. The Labute approximate surface area is 302 Å². The summed E-state index contributed by atoms with van der Waals surface area (Å²) in [5.74, 6) is -1.24. The van der Waals surface area contributed by atoms with Gasteiger partial charge in [0.15, 0.2) is 10.9 Å². The number of hydrogen-bond acceptors (Lipinski definition) is 4. The number of rotatable bonds is 8. The van der Waals surface area contributed by atoms with Crippen LogP contribution in [0, 0.1) is 0 Å². The van der Waals surface area contributed by atoms with E-state index in [0.717, 1.165) is 0 Å². The van der Waals surface area contributed by atoms with E-state index in [-0.39, 0.29) is 11.2 Å². The molecule has 5 aromatic rings. The standard InChI is InChI=1S/C40H35F6N3O2S/c1-36(2)50-33(37(47,26-15-7-3-8-16-26)27-17-9-4-10-18-27)34(51-36)38(28-19-11-5-12-20-28,29-21-13-6-14-22-29)49-35(52)48-32-24-30(39(41,42)43)23-31(25-32)40(44,45)46/h3-25,33-34H,47H2,1-2H3,(H2,48,49,52)/t33-,34-/m1/s1. The molecule has 6 rings (SSSR count). The van der Waals surface area contributed by atoms with Crippen molar-refractivity contribution in [3.63, 3.8) is 0 Å². The highest BCUT2D eigenvalue weighted by Gasteiger charge is 2.61. The Hall–Kier alpha value is -4.75. The van der Waals surface area contributed by atoms with E-state index >= 15 is 0 Å². The maximum absolute atomic E-state index is 13.8. The number of anilines is 1. The van der Waals surface area contributed by atoms with Gasteiger partial charge in [0.1, 0.15) is 17.7 Å². The van der Waals surface area contributed by atoms with E-state index in [2.05, 4.69) is 10.6 Å². The number of halogens is 6. The molecule has 0 spiro atoms. The molecule has 5 aromatic carbocycles. The largest absolute Gasteiger partial charge is 0.416 e. The van der Waals surface area contributed by atoms with Gasteiger partial charge in [0.25, 0.3) is 0 Å². The highest BCUT2D eigenvalue weighted by molar-refractivity contribution is 7.80. The molecule has 5 nitrogen and oxygen atoms in total. The van der Waals surface area contributed by atoms with Gasteiger partial charge in [0, 0.05) is 5.69 Å². The number of thiocarbonyl (C=S) groups is 1. The van der Waals surface area contributed by atoms with Crippen LogP contribution in [0.3, 0.4) is 0 Å². The summed E-state index contributed by atoms with van der Waals surface area (Å²) in [5.41, 5.74) is 3.84. The molecule has 0 saturated carbocycles. The second-order valence-electron chi connectivity index (χ2n) is 13.0. The first-order valence-electron chi connectivity index (χ1n) is 16.3. The van der Waals surface area contributed by atoms with E-state index < -0.39 is 58.2 Å². The summed E-state index contributed by atoms with van der Waals surface area (Å²) in [6.45, 7) is 3.49. The summed E-state index contributed by atoms with van der Waals surface area (Å²) in [6.07, 6.45) is -12.1. The van der Waals surface area contributed by atoms with Gasteiger partial charge in [-0.1, -0.05) is 121 Å². The molecule has 0 aromatic heterocycles. The molecule has 0 aliphatic carbocycles. The fourth-order valence-corrected chi connectivity index (χ4v) is 7.09. The van der Waals surface area contributed by atoms with Crippen LogP contribution in [0.1, 0.15) is 47.2 Å². The van der Waals surface area contributed by atoms with Crippen molar-refractivity contribution in [3.05, 3.63) is 173 Å². The Morgan fingerprint density at radius 1 is 0.577 bits per heavy atom. The normalized spacial score (nSPS) is 17.8. The molecule has 0 unspecified atom stereocenters. The molecule has 0 bridgehead atoms. The fourth-order valence-electron chi connectivity index (χ4n) is 6.81. The van der Waals surface area contributed by atoms with E-state index in [0.29, 0.717) is 34.4 Å². The van der Waals surface area contributed by atoms with Crippen LogP contribution < -0.4 is 16.4 Å². The van der Waals surface area contributed by atoms with E-state index in [1.54, 1.807) is 38.1 Å². The molecule has 2 atom stereocenters. The van der Waals surface area contributed by atoms with Crippen LogP contribution in [-0.2, 0) is 32.9 Å². The highest BCUT2D eigenvalue weighted by Crippen LogP contribution is 2.49. The predicted molar refractivity (Wildman–Crippen MR) is 191 cm³/mol. The van der Waals surface area contributed by atoms with Crippen molar-refractivity contribution in [1.29, 1.82) is 0 Å². The molecule has 270 valence electrons. The summed E-state index contributed by atoms with van der Waals surface area (Å²) in [4.78, 5) is 0. The lowest BCUT2D eigenvalue weighted by molar-refractivity contribution is -0.155. The van der Waals surface area contributed by atoms with Crippen molar-refractivity contribution in [2.45, 2.75) is 55.3 Å². The third-order valence-corrected chi connectivity index (χ3v) is 9.29. The highest BCUT2D eigenvalue weighted by atomic mass is 32.1. The lowest BCUT2D eigenvalue weighted by atomic mass is 9.69. The average Bonchev–Trinajstić information content (AvgIpc) is 3.46. The monoisotopic (exact) mass is 735 g/mol. The van der Waals surface area contributed by atoms with Crippen LogP contribution in [0.15, 0.2) is 140 Å². The number of alkyl halides is 6.